The molecule has 1 aromatic heterocycles. The van der Waals surface area contributed by atoms with Gasteiger partial charge in [-0.15, -0.1) is 0 Å². The topological polar surface area (TPSA) is 40.7 Å². The zero-order valence-corrected chi connectivity index (χ0v) is 10.9. The molecular formula is C15H21N3. The molecular weight excluding hydrogens is 222 g/mol. The molecule has 0 bridgehead atoms. The van der Waals surface area contributed by atoms with Crippen LogP contribution in [0.4, 0.5) is 0 Å². The average molecular weight is 243 g/mol. The third-order valence-corrected chi connectivity index (χ3v) is 3.04. The predicted octanol–water partition coefficient (Wildman–Crippen LogP) is 3.36. The Hall–Kier alpha value is -1.61. The van der Waals surface area contributed by atoms with Gasteiger partial charge in [-0.1, -0.05) is 44.0 Å². The van der Waals surface area contributed by atoms with Crippen LogP contribution in [0.5, 0.6) is 0 Å². The summed E-state index contributed by atoms with van der Waals surface area (Å²) in [6.45, 7) is 4.22. The third-order valence-electron chi connectivity index (χ3n) is 3.04. The van der Waals surface area contributed by atoms with Gasteiger partial charge in [-0.05, 0) is 18.5 Å². The summed E-state index contributed by atoms with van der Waals surface area (Å²) in [5.74, 6) is 0.945. The summed E-state index contributed by atoms with van der Waals surface area (Å²) in [5.41, 5.74) is 2.48. The first-order valence-corrected chi connectivity index (χ1v) is 6.70. The molecule has 0 saturated heterocycles. The van der Waals surface area contributed by atoms with E-state index in [9.17, 15) is 0 Å². The van der Waals surface area contributed by atoms with E-state index in [4.69, 9.17) is 0 Å². The lowest BCUT2D eigenvalue weighted by Crippen LogP contribution is -2.15. The molecule has 0 amide bonds. The van der Waals surface area contributed by atoms with Crippen LogP contribution in [0.1, 0.15) is 31.7 Å². The minimum absolute atomic E-state index is 0.903. The van der Waals surface area contributed by atoms with Crippen LogP contribution in [0.15, 0.2) is 36.7 Å². The lowest BCUT2D eigenvalue weighted by Gasteiger charge is -2.08. The number of aromatic amines is 1. The highest BCUT2D eigenvalue weighted by Gasteiger charge is 2.05. The van der Waals surface area contributed by atoms with Crippen molar-refractivity contribution in [2.75, 3.05) is 6.54 Å². The fraction of sp³-hybridized carbons (Fsp3) is 0.400. The summed E-state index contributed by atoms with van der Waals surface area (Å²) < 4.78 is 0. The molecule has 2 rings (SSSR count). The zero-order valence-electron chi connectivity index (χ0n) is 10.9. The first-order valence-electron chi connectivity index (χ1n) is 6.70. The Morgan fingerprint density at radius 2 is 2.11 bits per heavy atom. The Morgan fingerprint density at radius 3 is 2.89 bits per heavy atom. The highest BCUT2D eigenvalue weighted by molar-refractivity contribution is 5.59. The summed E-state index contributed by atoms with van der Waals surface area (Å²) in [6, 6.07) is 8.40. The minimum atomic E-state index is 0.903. The Kier molecular flexibility index (Phi) is 4.97. The van der Waals surface area contributed by atoms with Crippen LogP contribution < -0.4 is 5.32 Å². The van der Waals surface area contributed by atoms with Crippen molar-refractivity contribution in [2.45, 2.75) is 32.7 Å². The molecule has 0 saturated carbocycles. The number of hydrogen-bond donors (Lipinski definition) is 2. The number of H-pyrrole nitrogens is 1. The van der Waals surface area contributed by atoms with Crippen molar-refractivity contribution in [3.05, 3.63) is 42.2 Å². The molecule has 0 aliphatic heterocycles. The molecule has 0 spiro atoms. The van der Waals surface area contributed by atoms with E-state index in [1.807, 2.05) is 6.20 Å². The summed E-state index contributed by atoms with van der Waals surface area (Å²) in [4.78, 5) is 7.49. The normalized spacial score (nSPS) is 10.7. The number of hydrogen-bond acceptors (Lipinski definition) is 2. The van der Waals surface area contributed by atoms with Crippen molar-refractivity contribution in [2.24, 2.45) is 0 Å². The molecule has 2 N–H and O–H groups in total. The maximum atomic E-state index is 4.32. The number of aromatic nitrogens is 2. The third kappa shape index (κ3) is 3.44. The maximum Gasteiger partial charge on any atom is 0.137 e. The second kappa shape index (κ2) is 6.97. The Balaban J connectivity index is 1.96. The average Bonchev–Trinajstić information content (AvgIpc) is 2.93. The Labute approximate surface area is 109 Å². The standard InChI is InChI=1S/C15H21N3/c1-2-3-6-9-16-12-13-7-4-5-8-14(13)15-17-10-11-18-15/h4-5,7-8,10-11,16H,2-3,6,9,12H2,1H3,(H,17,18). The van der Waals surface area contributed by atoms with Crippen molar-refractivity contribution in [3.63, 3.8) is 0 Å². The second-order valence-corrected chi connectivity index (χ2v) is 4.48. The van der Waals surface area contributed by atoms with Crippen LogP contribution in [-0.2, 0) is 6.54 Å². The van der Waals surface area contributed by atoms with E-state index < -0.39 is 0 Å². The zero-order chi connectivity index (χ0) is 12.6. The summed E-state index contributed by atoms with van der Waals surface area (Å²) in [5, 5.41) is 3.50. The molecule has 0 aliphatic rings. The second-order valence-electron chi connectivity index (χ2n) is 4.48. The van der Waals surface area contributed by atoms with Gasteiger partial charge in [-0.3, -0.25) is 0 Å². The van der Waals surface area contributed by atoms with Crippen molar-refractivity contribution in [1.82, 2.24) is 15.3 Å². The highest BCUT2D eigenvalue weighted by Crippen LogP contribution is 2.19. The predicted molar refractivity (Wildman–Crippen MR) is 75.3 cm³/mol. The molecule has 0 aliphatic carbocycles. The van der Waals surface area contributed by atoms with Gasteiger partial charge in [0.05, 0.1) is 0 Å². The van der Waals surface area contributed by atoms with E-state index in [1.54, 1.807) is 6.20 Å². The molecule has 0 fully saturated rings. The van der Waals surface area contributed by atoms with Crippen molar-refractivity contribution < 1.29 is 0 Å². The fourth-order valence-corrected chi connectivity index (χ4v) is 2.04. The van der Waals surface area contributed by atoms with Crippen LogP contribution in [0, 0.1) is 0 Å². The molecule has 0 atom stereocenters. The molecule has 96 valence electrons. The van der Waals surface area contributed by atoms with E-state index >= 15 is 0 Å². The van der Waals surface area contributed by atoms with Gasteiger partial charge >= 0.3 is 0 Å². The highest BCUT2D eigenvalue weighted by atomic mass is 14.9. The largest absolute Gasteiger partial charge is 0.345 e. The number of imidazole rings is 1. The molecule has 18 heavy (non-hydrogen) atoms. The number of rotatable bonds is 7. The lowest BCUT2D eigenvalue weighted by molar-refractivity contribution is 0.617. The monoisotopic (exact) mass is 243 g/mol. The van der Waals surface area contributed by atoms with Gasteiger partial charge in [-0.2, -0.15) is 0 Å². The Bertz CT molecular complexity index is 449. The van der Waals surface area contributed by atoms with E-state index in [1.165, 1.54) is 30.4 Å². The van der Waals surface area contributed by atoms with Gasteiger partial charge in [0, 0.05) is 24.5 Å². The maximum absolute atomic E-state index is 4.32. The summed E-state index contributed by atoms with van der Waals surface area (Å²) in [7, 11) is 0. The summed E-state index contributed by atoms with van der Waals surface area (Å²) >= 11 is 0. The van der Waals surface area contributed by atoms with Gasteiger partial charge in [0.15, 0.2) is 0 Å². The quantitative estimate of drug-likeness (QED) is 0.732. The van der Waals surface area contributed by atoms with E-state index in [-0.39, 0.29) is 0 Å². The first kappa shape index (κ1) is 12.8. The van der Waals surface area contributed by atoms with Crippen LogP contribution in [-0.4, -0.2) is 16.5 Å². The lowest BCUT2D eigenvalue weighted by atomic mass is 10.1. The number of nitrogens with one attached hydrogen (secondary N) is 2. The molecule has 0 unspecified atom stereocenters. The van der Waals surface area contributed by atoms with E-state index in [0.29, 0.717) is 0 Å². The molecule has 0 radical (unpaired) electrons. The van der Waals surface area contributed by atoms with Crippen molar-refractivity contribution in [1.29, 1.82) is 0 Å². The van der Waals surface area contributed by atoms with Gasteiger partial charge in [0.2, 0.25) is 0 Å². The fourth-order valence-electron chi connectivity index (χ4n) is 2.04. The molecule has 1 aromatic carbocycles. The Morgan fingerprint density at radius 1 is 1.22 bits per heavy atom. The first-order chi connectivity index (χ1) is 8.92. The molecule has 1 heterocycles. The number of benzene rings is 1. The number of unbranched alkanes of at least 4 members (excludes halogenated alkanes) is 2. The van der Waals surface area contributed by atoms with Gasteiger partial charge in [0.25, 0.3) is 0 Å². The number of nitrogens with zero attached hydrogens (tertiary/aromatic N) is 1. The molecule has 2 aromatic rings. The van der Waals surface area contributed by atoms with Crippen LogP contribution in [0.3, 0.4) is 0 Å². The van der Waals surface area contributed by atoms with Gasteiger partial charge in [-0.25, -0.2) is 4.98 Å². The van der Waals surface area contributed by atoms with Gasteiger partial charge < -0.3 is 10.3 Å². The van der Waals surface area contributed by atoms with E-state index in [2.05, 4.69) is 46.5 Å². The minimum Gasteiger partial charge on any atom is -0.345 e. The molecule has 3 heteroatoms. The van der Waals surface area contributed by atoms with Crippen molar-refractivity contribution >= 4 is 0 Å². The smallest absolute Gasteiger partial charge is 0.137 e. The van der Waals surface area contributed by atoms with Crippen molar-refractivity contribution in [3.8, 4) is 11.4 Å². The van der Waals surface area contributed by atoms with Gasteiger partial charge in [0.1, 0.15) is 5.82 Å². The van der Waals surface area contributed by atoms with E-state index in [0.717, 1.165) is 18.9 Å². The molecule has 3 nitrogen and oxygen atoms in total. The van der Waals surface area contributed by atoms with Crippen LogP contribution in [0.2, 0.25) is 0 Å². The van der Waals surface area contributed by atoms with Crippen LogP contribution in [0.25, 0.3) is 11.4 Å². The van der Waals surface area contributed by atoms with Crippen LogP contribution >= 0.6 is 0 Å². The summed E-state index contributed by atoms with van der Waals surface area (Å²) in [6.07, 6.45) is 7.47. The SMILES string of the molecule is CCCCCNCc1ccccc1-c1ncc[nH]1.